The van der Waals surface area contributed by atoms with Gasteiger partial charge in [-0.05, 0) is 35.9 Å². The first kappa shape index (κ1) is 16.9. The van der Waals surface area contributed by atoms with E-state index < -0.39 is 26.6 Å². The predicted molar refractivity (Wildman–Crippen MR) is 81.4 cm³/mol. The van der Waals surface area contributed by atoms with Gasteiger partial charge in [-0.2, -0.15) is 0 Å². The number of carbonyl (C=O) groups is 1. The van der Waals surface area contributed by atoms with E-state index in [1.165, 1.54) is 19.2 Å². The topological polar surface area (TPSA) is 75.3 Å². The van der Waals surface area contributed by atoms with Crippen LogP contribution in [-0.2, 0) is 21.2 Å². The highest BCUT2D eigenvalue weighted by Gasteiger charge is 2.20. The lowest BCUT2D eigenvalue weighted by atomic mass is 10.1. The predicted octanol–water partition coefficient (Wildman–Crippen LogP) is 2.05. The molecule has 0 fully saturated rings. The van der Waals surface area contributed by atoms with E-state index in [2.05, 4.69) is 10.0 Å². The average molecular weight is 340 g/mol. The summed E-state index contributed by atoms with van der Waals surface area (Å²) in [6.07, 6.45) is 0.155. The Bertz CT molecular complexity index is 821. The van der Waals surface area contributed by atoms with Crippen molar-refractivity contribution < 1.29 is 22.0 Å². The number of nitrogens with one attached hydrogen (secondary N) is 2. The number of sulfonamides is 1. The number of hydrogen-bond donors (Lipinski definition) is 2. The minimum absolute atomic E-state index is 0.155. The van der Waals surface area contributed by atoms with Crippen molar-refractivity contribution in [3.8, 4) is 0 Å². The van der Waals surface area contributed by atoms with Gasteiger partial charge < -0.3 is 5.32 Å². The van der Waals surface area contributed by atoms with Crippen molar-refractivity contribution in [3.05, 3.63) is 59.7 Å². The number of anilines is 1. The van der Waals surface area contributed by atoms with Gasteiger partial charge in [0.25, 0.3) is 10.0 Å². The summed E-state index contributed by atoms with van der Waals surface area (Å²) in [7, 11) is -2.74. The van der Waals surface area contributed by atoms with Crippen LogP contribution in [0.4, 0.5) is 14.5 Å². The summed E-state index contributed by atoms with van der Waals surface area (Å²) >= 11 is 0. The van der Waals surface area contributed by atoms with E-state index in [1.807, 2.05) is 0 Å². The van der Waals surface area contributed by atoms with Crippen LogP contribution in [0, 0.1) is 11.6 Å². The molecule has 0 atom stereocenters. The van der Waals surface area contributed by atoms with Gasteiger partial charge >= 0.3 is 0 Å². The largest absolute Gasteiger partial charge is 0.359 e. The molecular weight excluding hydrogens is 326 g/mol. The van der Waals surface area contributed by atoms with Gasteiger partial charge in [0.05, 0.1) is 6.42 Å². The van der Waals surface area contributed by atoms with E-state index in [0.29, 0.717) is 11.6 Å². The molecule has 0 aliphatic heterocycles. The maximum absolute atomic E-state index is 13.6. The highest BCUT2D eigenvalue weighted by atomic mass is 32.2. The third-order valence-corrected chi connectivity index (χ3v) is 4.43. The number of amides is 1. The van der Waals surface area contributed by atoms with Gasteiger partial charge in [0, 0.05) is 12.7 Å². The molecule has 23 heavy (non-hydrogen) atoms. The molecule has 0 heterocycles. The fraction of sp³-hybridized carbons (Fsp3) is 0.133. The SMILES string of the molecule is CNC(=O)Cc1ccc(NS(=O)(=O)c2cc(F)ccc2F)cc1. The third kappa shape index (κ3) is 4.26. The number of carbonyl (C=O) groups excluding carboxylic acids is 1. The van der Waals surface area contributed by atoms with Crippen molar-refractivity contribution in [1.82, 2.24) is 5.32 Å². The first-order chi connectivity index (χ1) is 10.8. The first-order valence-electron chi connectivity index (χ1n) is 6.59. The lowest BCUT2D eigenvalue weighted by Gasteiger charge is -2.09. The Balaban J connectivity index is 2.20. The van der Waals surface area contributed by atoms with Crippen LogP contribution in [0.25, 0.3) is 0 Å². The number of rotatable bonds is 5. The first-order valence-corrected chi connectivity index (χ1v) is 8.07. The third-order valence-electron chi connectivity index (χ3n) is 3.03. The highest BCUT2D eigenvalue weighted by Crippen LogP contribution is 2.20. The molecule has 0 aliphatic rings. The number of likely N-dealkylation sites (N-methyl/N-ethyl adjacent to an activating group) is 1. The average Bonchev–Trinajstić information content (AvgIpc) is 2.51. The fourth-order valence-corrected chi connectivity index (χ4v) is 3.01. The van der Waals surface area contributed by atoms with Gasteiger partial charge in [-0.25, -0.2) is 17.2 Å². The molecule has 2 aromatic rings. The van der Waals surface area contributed by atoms with Gasteiger partial charge in [-0.15, -0.1) is 0 Å². The molecule has 8 heteroatoms. The lowest BCUT2D eigenvalue weighted by Crippen LogP contribution is -2.20. The minimum Gasteiger partial charge on any atom is -0.359 e. The molecule has 0 bridgehead atoms. The molecule has 2 rings (SSSR count). The minimum atomic E-state index is -4.25. The van der Waals surface area contributed by atoms with Crippen LogP contribution in [0.2, 0.25) is 0 Å². The molecule has 0 aliphatic carbocycles. The van der Waals surface area contributed by atoms with Crippen molar-refractivity contribution in [1.29, 1.82) is 0 Å². The molecule has 0 radical (unpaired) electrons. The van der Waals surface area contributed by atoms with Gasteiger partial charge in [-0.1, -0.05) is 12.1 Å². The van der Waals surface area contributed by atoms with Crippen molar-refractivity contribution in [2.24, 2.45) is 0 Å². The maximum atomic E-state index is 13.6. The molecule has 0 saturated carbocycles. The lowest BCUT2D eigenvalue weighted by molar-refractivity contribution is -0.119. The number of benzene rings is 2. The van der Waals surface area contributed by atoms with Gasteiger partial charge in [0.15, 0.2) is 0 Å². The van der Waals surface area contributed by atoms with Crippen LogP contribution in [-0.4, -0.2) is 21.4 Å². The van der Waals surface area contributed by atoms with Gasteiger partial charge in [0.2, 0.25) is 5.91 Å². The summed E-state index contributed by atoms with van der Waals surface area (Å²) in [5, 5.41) is 2.47. The zero-order valence-electron chi connectivity index (χ0n) is 12.1. The summed E-state index contributed by atoms with van der Waals surface area (Å²) < 4.78 is 53.1. The molecule has 0 spiro atoms. The second-order valence-electron chi connectivity index (χ2n) is 4.73. The quantitative estimate of drug-likeness (QED) is 0.875. The Morgan fingerprint density at radius 2 is 1.74 bits per heavy atom. The Hall–Kier alpha value is -2.48. The molecule has 2 N–H and O–H groups in total. The summed E-state index contributed by atoms with van der Waals surface area (Å²) in [5.74, 6) is -2.08. The molecule has 122 valence electrons. The summed E-state index contributed by atoms with van der Waals surface area (Å²) in [4.78, 5) is 10.5. The van der Waals surface area contributed by atoms with E-state index in [1.54, 1.807) is 12.1 Å². The van der Waals surface area contributed by atoms with Crippen molar-refractivity contribution in [3.63, 3.8) is 0 Å². The molecule has 0 saturated heterocycles. The van der Waals surface area contributed by atoms with E-state index in [0.717, 1.165) is 12.1 Å². The van der Waals surface area contributed by atoms with Crippen molar-refractivity contribution >= 4 is 21.6 Å². The van der Waals surface area contributed by atoms with Gasteiger partial charge in [0.1, 0.15) is 16.5 Å². The van der Waals surface area contributed by atoms with E-state index in [9.17, 15) is 22.0 Å². The Morgan fingerprint density at radius 3 is 2.35 bits per heavy atom. The van der Waals surface area contributed by atoms with Crippen molar-refractivity contribution in [2.45, 2.75) is 11.3 Å². The molecule has 0 aromatic heterocycles. The Morgan fingerprint density at radius 1 is 1.09 bits per heavy atom. The molecular formula is C15H14F2N2O3S. The Kier molecular flexibility index (Phi) is 4.95. The van der Waals surface area contributed by atoms with Crippen LogP contribution >= 0.6 is 0 Å². The smallest absolute Gasteiger partial charge is 0.264 e. The van der Waals surface area contributed by atoms with Crippen LogP contribution < -0.4 is 10.0 Å². The Labute approximate surface area is 132 Å². The van der Waals surface area contributed by atoms with E-state index >= 15 is 0 Å². The summed E-state index contributed by atoms with van der Waals surface area (Å²) in [6, 6.07) is 8.19. The zero-order chi connectivity index (χ0) is 17.0. The summed E-state index contributed by atoms with van der Waals surface area (Å²) in [5.41, 5.74) is 0.860. The number of halogens is 2. The van der Waals surface area contributed by atoms with Crippen LogP contribution in [0.1, 0.15) is 5.56 Å². The van der Waals surface area contributed by atoms with Crippen molar-refractivity contribution in [2.75, 3.05) is 11.8 Å². The maximum Gasteiger partial charge on any atom is 0.264 e. The van der Waals surface area contributed by atoms with Gasteiger partial charge in [-0.3, -0.25) is 9.52 Å². The molecule has 1 amide bonds. The zero-order valence-corrected chi connectivity index (χ0v) is 13.0. The molecule has 5 nitrogen and oxygen atoms in total. The monoisotopic (exact) mass is 340 g/mol. The number of hydrogen-bond acceptors (Lipinski definition) is 3. The van der Waals surface area contributed by atoms with E-state index in [4.69, 9.17) is 0 Å². The van der Waals surface area contributed by atoms with Crippen LogP contribution in [0.15, 0.2) is 47.4 Å². The molecule has 2 aromatic carbocycles. The fourth-order valence-electron chi connectivity index (χ4n) is 1.86. The highest BCUT2D eigenvalue weighted by molar-refractivity contribution is 7.92. The van der Waals surface area contributed by atoms with E-state index in [-0.39, 0.29) is 18.0 Å². The second-order valence-corrected chi connectivity index (χ2v) is 6.38. The van der Waals surface area contributed by atoms with Crippen LogP contribution in [0.5, 0.6) is 0 Å². The molecule has 0 unspecified atom stereocenters. The standard InChI is InChI=1S/C15H14F2N2O3S/c1-18-15(20)8-10-2-5-12(6-3-10)19-23(21,22)14-9-11(16)4-7-13(14)17/h2-7,9,19H,8H2,1H3,(H,18,20). The second kappa shape index (κ2) is 6.74. The normalized spacial score (nSPS) is 11.1. The summed E-state index contributed by atoms with van der Waals surface area (Å²) in [6.45, 7) is 0. The van der Waals surface area contributed by atoms with Crippen LogP contribution in [0.3, 0.4) is 0 Å².